The Morgan fingerprint density at radius 3 is 2.74 bits per heavy atom. The summed E-state index contributed by atoms with van der Waals surface area (Å²) in [6, 6.07) is 7.35. The van der Waals surface area contributed by atoms with Crippen molar-refractivity contribution in [1.29, 1.82) is 0 Å². The maximum absolute atomic E-state index is 13.0. The number of methoxy groups -OCH3 is 1. The van der Waals surface area contributed by atoms with Crippen LogP contribution in [0.1, 0.15) is 50.4 Å². The molecule has 3 rings (SSSR count). The molecule has 0 aliphatic carbocycles. The van der Waals surface area contributed by atoms with Gasteiger partial charge in [-0.15, -0.1) is 6.58 Å². The third-order valence-corrected chi connectivity index (χ3v) is 5.75. The number of ether oxygens (including phenoxy) is 2. The first-order chi connectivity index (χ1) is 14.7. The van der Waals surface area contributed by atoms with E-state index >= 15 is 0 Å². The summed E-state index contributed by atoms with van der Waals surface area (Å²) in [5.74, 6) is 1.25. The molecule has 0 saturated carbocycles. The summed E-state index contributed by atoms with van der Waals surface area (Å²) in [4.78, 5) is 31.6. The van der Waals surface area contributed by atoms with Gasteiger partial charge in [-0.2, -0.15) is 0 Å². The predicted molar refractivity (Wildman–Crippen MR) is 121 cm³/mol. The van der Waals surface area contributed by atoms with Crippen LogP contribution in [-0.4, -0.2) is 47.6 Å². The van der Waals surface area contributed by atoms with Crippen LogP contribution in [0.4, 0.5) is 4.79 Å². The van der Waals surface area contributed by atoms with Crippen LogP contribution in [-0.2, 0) is 4.74 Å². The zero-order chi connectivity index (χ0) is 22.6. The van der Waals surface area contributed by atoms with E-state index in [2.05, 4.69) is 11.6 Å². The molecule has 1 aromatic heterocycles. The van der Waals surface area contributed by atoms with E-state index in [4.69, 9.17) is 9.47 Å². The molecule has 1 aliphatic heterocycles. The van der Waals surface area contributed by atoms with Gasteiger partial charge in [-0.05, 0) is 69.7 Å². The summed E-state index contributed by atoms with van der Waals surface area (Å²) >= 11 is 0. The molecule has 0 N–H and O–H groups in total. The molecule has 0 spiro atoms. The van der Waals surface area contributed by atoms with Gasteiger partial charge in [0.1, 0.15) is 11.4 Å². The summed E-state index contributed by atoms with van der Waals surface area (Å²) in [5, 5.41) is 0.812. The third-order valence-electron chi connectivity index (χ3n) is 5.75. The molecule has 1 amide bonds. The van der Waals surface area contributed by atoms with Crippen molar-refractivity contribution in [3.63, 3.8) is 0 Å². The minimum atomic E-state index is -0.514. The Morgan fingerprint density at radius 2 is 2.06 bits per heavy atom. The van der Waals surface area contributed by atoms with Gasteiger partial charge in [0.25, 0.3) is 0 Å². The number of ketones is 1. The highest BCUT2D eigenvalue weighted by molar-refractivity contribution is 6.07. The minimum absolute atomic E-state index is 0.0954. The zero-order valence-electron chi connectivity index (χ0n) is 18.9. The molecule has 1 aromatic carbocycles. The largest absolute Gasteiger partial charge is 0.497 e. The van der Waals surface area contributed by atoms with Crippen LogP contribution < -0.4 is 4.74 Å². The van der Waals surface area contributed by atoms with Gasteiger partial charge in [-0.3, -0.25) is 9.78 Å². The maximum atomic E-state index is 13.0. The number of amides is 1. The van der Waals surface area contributed by atoms with Gasteiger partial charge in [0.2, 0.25) is 0 Å². The Kier molecular flexibility index (Phi) is 6.98. The topological polar surface area (TPSA) is 68.7 Å². The van der Waals surface area contributed by atoms with Crippen molar-refractivity contribution in [3.8, 4) is 5.75 Å². The first kappa shape index (κ1) is 22.8. The van der Waals surface area contributed by atoms with E-state index in [1.807, 2.05) is 45.0 Å². The van der Waals surface area contributed by atoms with Gasteiger partial charge in [0, 0.05) is 36.7 Å². The number of carbonyl (C=O) groups is 2. The highest BCUT2D eigenvalue weighted by Crippen LogP contribution is 2.31. The van der Waals surface area contributed by atoms with Crippen molar-refractivity contribution in [1.82, 2.24) is 9.88 Å². The average molecular weight is 425 g/mol. The van der Waals surface area contributed by atoms with Crippen molar-refractivity contribution in [3.05, 3.63) is 48.7 Å². The number of piperidine rings is 1. The van der Waals surface area contributed by atoms with Gasteiger partial charge < -0.3 is 14.4 Å². The maximum Gasteiger partial charge on any atom is 0.410 e. The quantitative estimate of drug-likeness (QED) is 0.467. The van der Waals surface area contributed by atoms with Gasteiger partial charge in [-0.25, -0.2) is 4.79 Å². The molecule has 1 fully saturated rings. The van der Waals surface area contributed by atoms with E-state index in [1.165, 1.54) is 0 Å². The molecular formula is C25H32N2O4. The Labute approximate surface area is 184 Å². The minimum Gasteiger partial charge on any atom is -0.497 e. The van der Waals surface area contributed by atoms with Crippen LogP contribution in [0, 0.1) is 11.8 Å². The number of carbonyl (C=O) groups excluding carboxylic acids is 2. The number of fused-ring (bicyclic) bond motifs is 1. The fourth-order valence-electron chi connectivity index (χ4n) is 4.09. The summed E-state index contributed by atoms with van der Waals surface area (Å²) in [5.41, 5.74) is 0.937. The molecule has 2 atom stereocenters. The monoisotopic (exact) mass is 424 g/mol. The average Bonchev–Trinajstić information content (AvgIpc) is 2.75. The third kappa shape index (κ3) is 5.63. The number of benzene rings is 1. The lowest BCUT2D eigenvalue weighted by atomic mass is 9.81. The number of hydrogen-bond donors (Lipinski definition) is 0. The molecule has 1 aliphatic rings. The van der Waals surface area contributed by atoms with Crippen LogP contribution in [0.15, 0.2) is 43.1 Å². The number of rotatable bonds is 6. The second-order valence-electron chi connectivity index (χ2n) is 9.08. The summed E-state index contributed by atoms with van der Waals surface area (Å²) in [6.45, 7) is 10.8. The number of Topliss-reactive ketones (excluding diaryl/α,β-unsaturated/α-hetero) is 1. The Balaban J connectivity index is 1.65. The first-order valence-corrected chi connectivity index (χ1v) is 10.8. The Hall–Kier alpha value is -2.89. The molecule has 2 aromatic rings. The van der Waals surface area contributed by atoms with Crippen molar-refractivity contribution in [2.45, 2.75) is 45.6 Å². The van der Waals surface area contributed by atoms with Gasteiger partial charge in [-0.1, -0.05) is 6.08 Å². The molecule has 0 radical (unpaired) electrons. The summed E-state index contributed by atoms with van der Waals surface area (Å²) < 4.78 is 10.8. The van der Waals surface area contributed by atoms with E-state index in [0.717, 1.165) is 23.7 Å². The second-order valence-corrected chi connectivity index (χ2v) is 9.08. The van der Waals surface area contributed by atoms with E-state index in [1.54, 1.807) is 24.3 Å². The first-order valence-electron chi connectivity index (χ1n) is 10.8. The molecule has 0 bridgehead atoms. The molecule has 166 valence electrons. The van der Waals surface area contributed by atoms with E-state index in [-0.39, 0.29) is 17.8 Å². The molecule has 31 heavy (non-hydrogen) atoms. The molecule has 1 saturated heterocycles. The van der Waals surface area contributed by atoms with E-state index in [9.17, 15) is 9.59 Å². The van der Waals surface area contributed by atoms with Crippen LogP contribution in [0.2, 0.25) is 0 Å². The van der Waals surface area contributed by atoms with Crippen LogP contribution in [0.3, 0.4) is 0 Å². The SMILES string of the molecule is C=C[C@H]1CN(C(=O)OC(C)(C)C)CC[C@H]1CCC(=O)c1ccnc2ccc(OC)cc12. The molecule has 6 heteroatoms. The number of pyridine rings is 1. The molecule has 0 unspecified atom stereocenters. The fraction of sp³-hybridized carbons (Fsp3) is 0.480. The molecule has 2 heterocycles. The summed E-state index contributed by atoms with van der Waals surface area (Å²) in [6.07, 6.45) is 5.31. The van der Waals surface area contributed by atoms with Crippen molar-refractivity contribution in [2.75, 3.05) is 20.2 Å². The highest BCUT2D eigenvalue weighted by Gasteiger charge is 2.32. The van der Waals surface area contributed by atoms with Crippen molar-refractivity contribution in [2.24, 2.45) is 11.8 Å². The van der Waals surface area contributed by atoms with Crippen molar-refractivity contribution >= 4 is 22.8 Å². The fourth-order valence-corrected chi connectivity index (χ4v) is 4.09. The van der Waals surface area contributed by atoms with Crippen molar-refractivity contribution < 1.29 is 19.1 Å². The predicted octanol–water partition coefficient (Wildman–Crippen LogP) is 5.27. The summed E-state index contributed by atoms with van der Waals surface area (Å²) in [7, 11) is 1.61. The lowest BCUT2D eigenvalue weighted by Gasteiger charge is -2.38. The molecular weight excluding hydrogens is 392 g/mol. The van der Waals surface area contributed by atoms with Crippen LogP contribution in [0.5, 0.6) is 5.75 Å². The normalized spacial score (nSPS) is 19.2. The van der Waals surface area contributed by atoms with Gasteiger partial charge >= 0.3 is 6.09 Å². The van der Waals surface area contributed by atoms with E-state index in [0.29, 0.717) is 36.7 Å². The standard InChI is InChI=1S/C25H32N2O4/c1-6-17-16-27(24(29)31-25(2,3)4)14-12-18(17)7-10-23(28)20-11-13-26-22-9-8-19(30-5)15-21(20)22/h6,8-9,11,13,15,17-18H,1,7,10,12,14,16H2,2-5H3/t17-,18+/m0/s1. The van der Waals surface area contributed by atoms with Crippen LogP contribution >= 0.6 is 0 Å². The van der Waals surface area contributed by atoms with Gasteiger partial charge in [0.15, 0.2) is 5.78 Å². The molecule has 6 nitrogen and oxygen atoms in total. The smallest absolute Gasteiger partial charge is 0.410 e. The number of nitrogens with zero attached hydrogens (tertiary/aromatic N) is 2. The lowest BCUT2D eigenvalue weighted by Crippen LogP contribution is -2.45. The lowest BCUT2D eigenvalue weighted by molar-refractivity contribution is 0.0131. The Bertz CT molecular complexity index is 964. The van der Waals surface area contributed by atoms with Crippen LogP contribution in [0.25, 0.3) is 10.9 Å². The number of aromatic nitrogens is 1. The number of likely N-dealkylation sites (tertiary alicyclic amines) is 1. The van der Waals surface area contributed by atoms with E-state index < -0.39 is 5.60 Å². The second kappa shape index (κ2) is 9.50. The Morgan fingerprint density at radius 1 is 1.29 bits per heavy atom. The zero-order valence-corrected chi connectivity index (χ0v) is 18.9. The number of hydrogen-bond acceptors (Lipinski definition) is 5. The highest BCUT2D eigenvalue weighted by atomic mass is 16.6. The van der Waals surface area contributed by atoms with Gasteiger partial charge in [0.05, 0.1) is 12.6 Å².